The number of nitrogens with one attached hydrogen (secondary N) is 2. The zero-order valence-electron chi connectivity index (χ0n) is 18.9. The molecule has 35 heavy (non-hydrogen) atoms. The first-order valence-electron chi connectivity index (χ1n) is 11.6. The average Bonchev–Trinajstić information content (AvgIpc) is 3.23. The second-order valence-corrected chi connectivity index (χ2v) is 9.99. The molecule has 11 heteroatoms. The number of fused-ring (bicyclic) bond motifs is 1. The van der Waals surface area contributed by atoms with Gasteiger partial charge in [-0.05, 0) is 65.9 Å². The van der Waals surface area contributed by atoms with Crippen LogP contribution < -0.4 is 10.6 Å². The summed E-state index contributed by atoms with van der Waals surface area (Å²) in [5.74, 6) is -0.530. The molecule has 1 aliphatic heterocycles. The molecule has 2 N–H and O–H groups in total. The standard InChI is InChI=1S/C24H25BrClN5O4/c25-18-7-6-17-20(28-18)21(22(35-17)24(33)29-19-8-3-15(26)13-27-19)30-23(32)14-1-4-16(5-2-14)31-9-11-34-12-10-31/h3,6-8,13-14,16H,1-2,4-5,9-12H2,(H,30,32)(H,27,29,33)/t14-,16-. The lowest BCUT2D eigenvalue weighted by Gasteiger charge is -2.38. The third kappa shape index (κ3) is 5.50. The number of carbonyl (C=O) groups is 2. The van der Waals surface area contributed by atoms with Crippen molar-refractivity contribution in [2.75, 3.05) is 36.9 Å². The summed E-state index contributed by atoms with van der Waals surface area (Å²) >= 11 is 9.24. The highest BCUT2D eigenvalue weighted by molar-refractivity contribution is 9.10. The average molecular weight is 563 g/mol. The third-order valence-electron chi connectivity index (χ3n) is 6.55. The monoisotopic (exact) mass is 561 g/mol. The highest BCUT2D eigenvalue weighted by Crippen LogP contribution is 2.34. The molecule has 1 saturated carbocycles. The summed E-state index contributed by atoms with van der Waals surface area (Å²) < 4.78 is 11.8. The lowest BCUT2D eigenvalue weighted by molar-refractivity contribution is -0.121. The number of hydrogen-bond acceptors (Lipinski definition) is 7. The van der Waals surface area contributed by atoms with Gasteiger partial charge in [-0.15, -0.1) is 0 Å². The highest BCUT2D eigenvalue weighted by atomic mass is 79.9. The number of nitrogens with zero attached hydrogens (tertiary/aromatic N) is 3. The van der Waals surface area contributed by atoms with E-state index < -0.39 is 5.91 Å². The van der Waals surface area contributed by atoms with E-state index in [0.29, 0.717) is 32.6 Å². The van der Waals surface area contributed by atoms with Gasteiger partial charge in [0.05, 0.1) is 18.2 Å². The Bertz CT molecular complexity index is 1220. The lowest BCUT2D eigenvalue weighted by Crippen LogP contribution is -2.45. The minimum atomic E-state index is -0.541. The molecular formula is C24H25BrClN5O4. The first kappa shape index (κ1) is 24.2. The van der Waals surface area contributed by atoms with Crippen molar-refractivity contribution in [3.8, 4) is 0 Å². The number of carbonyl (C=O) groups excluding carboxylic acids is 2. The lowest BCUT2D eigenvalue weighted by atomic mass is 9.84. The van der Waals surface area contributed by atoms with Gasteiger partial charge in [0.15, 0.2) is 5.58 Å². The van der Waals surface area contributed by atoms with E-state index in [0.717, 1.165) is 52.0 Å². The molecule has 9 nitrogen and oxygen atoms in total. The summed E-state index contributed by atoms with van der Waals surface area (Å²) in [5, 5.41) is 6.09. The van der Waals surface area contributed by atoms with Gasteiger partial charge < -0.3 is 19.8 Å². The summed E-state index contributed by atoms with van der Waals surface area (Å²) in [4.78, 5) is 37.3. The smallest absolute Gasteiger partial charge is 0.294 e. The van der Waals surface area contributed by atoms with Gasteiger partial charge in [0, 0.05) is 31.2 Å². The van der Waals surface area contributed by atoms with Gasteiger partial charge >= 0.3 is 0 Å². The van der Waals surface area contributed by atoms with Gasteiger partial charge in [0.2, 0.25) is 11.7 Å². The number of furan rings is 1. The Morgan fingerprint density at radius 1 is 1.06 bits per heavy atom. The van der Waals surface area contributed by atoms with Crippen LogP contribution in [0.2, 0.25) is 5.02 Å². The van der Waals surface area contributed by atoms with Gasteiger partial charge in [-0.3, -0.25) is 14.5 Å². The minimum Gasteiger partial charge on any atom is -0.447 e. The quantitative estimate of drug-likeness (QED) is 0.433. The van der Waals surface area contributed by atoms with Crippen LogP contribution in [0.5, 0.6) is 0 Å². The molecule has 1 aliphatic carbocycles. The van der Waals surface area contributed by atoms with E-state index in [4.69, 9.17) is 20.8 Å². The van der Waals surface area contributed by atoms with Crippen LogP contribution >= 0.6 is 27.5 Å². The maximum atomic E-state index is 13.3. The Hall–Kier alpha value is -2.53. The Balaban J connectivity index is 1.33. The summed E-state index contributed by atoms with van der Waals surface area (Å²) in [7, 11) is 0. The van der Waals surface area contributed by atoms with E-state index >= 15 is 0 Å². The Labute approximate surface area is 215 Å². The minimum absolute atomic E-state index is 0.0299. The molecule has 2 fully saturated rings. The maximum Gasteiger partial charge on any atom is 0.294 e. The van der Waals surface area contributed by atoms with Crippen LogP contribution in [-0.2, 0) is 9.53 Å². The van der Waals surface area contributed by atoms with Crippen molar-refractivity contribution in [2.45, 2.75) is 31.7 Å². The number of hydrogen-bond donors (Lipinski definition) is 2. The summed E-state index contributed by atoms with van der Waals surface area (Å²) in [6.45, 7) is 3.44. The molecule has 0 unspecified atom stereocenters. The van der Waals surface area contributed by atoms with Crippen LogP contribution in [0.3, 0.4) is 0 Å². The van der Waals surface area contributed by atoms with E-state index in [2.05, 4.69) is 41.4 Å². The molecule has 2 amide bonds. The number of aromatic nitrogens is 2. The van der Waals surface area contributed by atoms with Crippen molar-refractivity contribution in [2.24, 2.45) is 5.92 Å². The molecule has 2 aliphatic rings. The number of amides is 2. The number of morpholine rings is 1. The fraction of sp³-hybridized carbons (Fsp3) is 0.417. The van der Waals surface area contributed by atoms with Gasteiger partial charge in [0.25, 0.3) is 5.91 Å². The Kier molecular flexibility index (Phi) is 7.33. The van der Waals surface area contributed by atoms with E-state index in [1.165, 1.54) is 6.20 Å². The second kappa shape index (κ2) is 10.6. The topological polar surface area (TPSA) is 110 Å². The summed E-state index contributed by atoms with van der Waals surface area (Å²) in [6, 6.07) is 7.11. The Morgan fingerprint density at radius 2 is 1.83 bits per heavy atom. The van der Waals surface area contributed by atoms with Gasteiger partial charge in [0.1, 0.15) is 21.6 Å². The fourth-order valence-corrected chi connectivity index (χ4v) is 5.14. The molecule has 0 aromatic carbocycles. The summed E-state index contributed by atoms with van der Waals surface area (Å²) in [5.41, 5.74) is 1.06. The van der Waals surface area contributed by atoms with Crippen LogP contribution in [-0.4, -0.2) is 59.0 Å². The van der Waals surface area contributed by atoms with Crippen molar-refractivity contribution in [1.82, 2.24) is 14.9 Å². The molecule has 4 heterocycles. The molecule has 0 bridgehead atoms. The number of ether oxygens (including phenoxy) is 1. The van der Waals surface area contributed by atoms with Crippen LogP contribution in [0.15, 0.2) is 39.5 Å². The second-order valence-electron chi connectivity index (χ2n) is 8.75. The van der Waals surface area contributed by atoms with Crippen molar-refractivity contribution >= 4 is 62.0 Å². The van der Waals surface area contributed by atoms with E-state index in [1.807, 2.05) is 0 Å². The normalized spacial score (nSPS) is 21.1. The maximum absolute atomic E-state index is 13.3. The van der Waals surface area contributed by atoms with Gasteiger partial charge in [-0.25, -0.2) is 9.97 Å². The van der Waals surface area contributed by atoms with Crippen LogP contribution in [0.25, 0.3) is 11.1 Å². The number of anilines is 2. The van der Waals surface area contributed by atoms with Crippen LogP contribution in [0, 0.1) is 5.92 Å². The van der Waals surface area contributed by atoms with Crippen LogP contribution in [0.1, 0.15) is 36.2 Å². The molecule has 0 radical (unpaired) electrons. The predicted molar refractivity (Wildman–Crippen MR) is 136 cm³/mol. The fourth-order valence-electron chi connectivity index (χ4n) is 4.72. The van der Waals surface area contributed by atoms with E-state index in [9.17, 15) is 9.59 Å². The first-order valence-corrected chi connectivity index (χ1v) is 12.8. The number of pyridine rings is 2. The van der Waals surface area contributed by atoms with E-state index in [-0.39, 0.29) is 23.3 Å². The molecule has 184 valence electrons. The third-order valence-corrected chi connectivity index (χ3v) is 7.22. The van der Waals surface area contributed by atoms with Crippen molar-refractivity contribution in [3.63, 3.8) is 0 Å². The molecule has 1 saturated heterocycles. The van der Waals surface area contributed by atoms with Crippen molar-refractivity contribution in [1.29, 1.82) is 0 Å². The zero-order valence-corrected chi connectivity index (χ0v) is 21.3. The molecule has 0 atom stereocenters. The molecule has 3 aromatic heterocycles. The molecule has 5 rings (SSSR count). The van der Waals surface area contributed by atoms with Crippen LogP contribution in [0.4, 0.5) is 11.5 Å². The largest absolute Gasteiger partial charge is 0.447 e. The molecule has 3 aromatic rings. The van der Waals surface area contributed by atoms with Crippen molar-refractivity contribution in [3.05, 3.63) is 45.8 Å². The number of rotatable bonds is 5. The van der Waals surface area contributed by atoms with Gasteiger partial charge in [-0.1, -0.05) is 11.6 Å². The van der Waals surface area contributed by atoms with Gasteiger partial charge in [-0.2, -0.15) is 0 Å². The summed E-state index contributed by atoms with van der Waals surface area (Å²) in [6.07, 6.45) is 4.94. The highest BCUT2D eigenvalue weighted by Gasteiger charge is 2.32. The Morgan fingerprint density at radius 3 is 2.54 bits per heavy atom. The first-order chi connectivity index (χ1) is 17.0. The molecular weight excluding hydrogens is 538 g/mol. The molecule has 0 spiro atoms. The SMILES string of the molecule is O=C(Nc1ccc(Cl)cn1)c1oc2ccc(Br)nc2c1NC(=O)[C@H]1CC[C@H](N2CCOCC2)CC1. The zero-order chi connectivity index (χ0) is 24.4. The van der Waals surface area contributed by atoms with Crippen molar-refractivity contribution < 1.29 is 18.7 Å². The predicted octanol–water partition coefficient (Wildman–Crippen LogP) is 4.72. The number of halogens is 2. The van der Waals surface area contributed by atoms with E-state index in [1.54, 1.807) is 24.3 Å².